The molecule has 0 radical (unpaired) electrons. The SMILES string of the molecule is C#CCN(CCCC(=O)c1nn(C2CCOCC2)cc1[N+](=O)[O-])C(=O)OC(C)(C)C. The Morgan fingerprint density at radius 2 is 2.10 bits per heavy atom. The topological polar surface area (TPSA) is 117 Å². The highest BCUT2D eigenvalue weighted by Crippen LogP contribution is 2.26. The van der Waals surface area contributed by atoms with Crippen molar-refractivity contribution in [1.82, 2.24) is 14.7 Å². The van der Waals surface area contributed by atoms with Crippen molar-refractivity contribution in [2.24, 2.45) is 0 Å². The van der Waals surface area contributed by atoms with Crippen LogP contribution >= 0.6 is 0 Å². The molecule has 164 valence electrons. The van der Waals surface area contributed by atoms with Gasteiger partial charge in [-0.1, -0.05) is 5.92 Å². The van der Waals surface area contributed by atoms with Crippen LogP contribution in [0.4, 0.5) is 10.5 Å². The monoisotopic (exact) mass is 420 g/mol. The average Bonchev–Trinajstić information content (AvgIpc) is 3.12. The number of nitro groups is 1. The predicted molar refractivity (Wildman–Crippen MR) is 108 cm³/mol. The number of carbonyl (C=O) groups is 2. The van der Waals surface area contributed by atoms with Crippen LogP contribution in [-0.2, 0) is 9.47 Å². The Hall–Kier alpha value is -2.93. The first-order chi connectivity index (χ1) is 14.1. The van der Waals surface area contributed by atoms with Gasteiger partial charge in [0.2, 0.25) is 5.69 Å². The molecule has 0 spiro atoms. The number of ether oxygens (including phenoxy) is 2. The Kier molecular flexibility index (Phi) is 7.94. The van der Waals surface area contributed by atoms with Crippen LogP contribution in [0.5, 0.6) is 0 Å². The van der Waals surface area contributed by atoms with Crippen LogP contribution in [-0.4, -0.2) is 63.4 Å². The number of carbonyl (C=O) groups excluding carboxylic acids is 2. The Balaban J connectivity index is 2.02. The first-order valence-electron chi connectivity index (χ1n) is 9.88. The summed E-state index contributed by atoms with van der Waals surface area (Å²) >= 11 is 0. The highest BCUT2D eigenvalue weighted by molar-refractivity contribution is 5.97. The Morgan fingerprint density at radius 3 is 2.67 bits per heavy atom. The highest BCUT2D eigenvalue weighted by atomic mass is 16.6. The minimum atomic E-state index is -0.669. The van der Waals surface area contributed by atoms with Crippen molar-refractivity contribution in [3.05, 3.63) is 22.0 Å². The lowest BCUT2D eigenvalue weighted by Gasteiger charge is -2.26. The van der Waals surface area contributed by atoms with Gasteiger partial charge in [0.25, 0.3) is 0 Å². The molecule has 0 aromatic carbocycles. The van der Waals surface area contributed by atoms with E-state index in [9.17, 15) is 19.7 Å². The van der Waals surface area contributed by atoms with Gasteiger partial charge in [0.1, 0.15) is 11.8 Å². The molecule has 0 unspecified atom stereocenters. The van der Waals surface area contributed by atoms with Crippen LogP contribution in [0.25, 0.3) is 0 Å². The van der Waals surface area contributed by atoms with Crippen molar-refractivity contribution in [3.8, 4) is 12.3 Å². The third-order valence-corrected chi connectivity index (χ3v) is 4.50. The lowest BCUT2D eigenvalue weighted by Crippen LogP contribution is -2.37. The molecular formula is C20H28N4O6. The quantitative estimate of drug-likeness (QED) is 0.275. The third kappa shape index (κ3) is 6.56. The summed E-state index contributed by atoms with van der Waals surface area (Å²) < 4.78 is 12.1. The zero-order valence-electron chi connectivity index (χ0n) is 17.6. The van der Waals surface area contributed by atoms with E-state index in [0.29, 0.717) is 26.1 Å². The molecule has 0 N–H and O–H groups in total. The molecule has 2 rings (SSSR count). The molecule has 0 saturated carbocycles. The first kappa shape index (κ1) is 23.3. The first-order valence-corrected chi connectivity index (χ1v) is 9.88. The maximum atomic E-state index is 12.6. The lowest BCUT2D eigenvalue weighted by molar-refractivity contribution is -0.385. The Labute approximate surface area is 175 Å². The summed E-state index contributed by atoms with van der Waals surface area (Å²) in [6.45, 7) is 6.58. The highest BCUT2D eigenvalue weighted by Gasteiger charge is 2.29. The number of ketones is 1. The summed E-state index contributed by atoms with van der Waals surface area (Å²) in [5.74, 6) is 1.95. The summed E-state index contributed by atoms with van der Waals surface area (Å²) in [5, 5.41) is 15.6. The summed E-state index contributed by atoms with van der Waals surface area (Å²) in [4.78, 5) is 37.0. The zero-order chi connectivity index (χ0) is 22.3. The second-order valence-corrected chi connectivity index (χ2v) is 8.08. The second-order valence-electron chi connectivity index (χ2n) is 8.08. The van der Waals surface area contributed by atoms with Gasteiger partial charge in [0.05, 0.1) is 17.5 Å². The molecule has 1 aromatic heterocycles. The largest absolute Gasteiger partial charge is 0.444 e. The fourth-order valence-electron chi connectivity index (χ4n) is 3.07. The van der Waals surface area contributed by atoms with E-state index in [0.717, 1.165) is 0 Å². The van der Waals surface area contributed by atoms with Crippen LogP contribution in [0, 0.1) is 22.5 Å². The molecule has 1 saturated heterocycles. The average molecular weight is 420 g/mol. The minimum Gasteiger partial charge on any atom is -0.444 e. The number of nitrogens with zero attached hydrogens (tertiary/aromatic N) is 4. The summed E-state index contributed by atoms with van der Waals surface area (Å²) in [7, 11) is 0. The van der Waals surface area contributed by atoms with Gasteiger partial charge in [0.15, 0.2) is 5.78 Å². The molecule has 1 aliphatic rings. The molecule has 0 atom stereocenters. The zero-order valence-corrected chi connectivity index (χ0v) is 17.6. The van der Waals surface area contributed by atoms with Crippen molar-refractivity contribution >= 4 is 17.6 Å². The molecule has 2 heterocycles. The molecule has 0 aliphatic carbocycles. The van der Waals surface area contributed by atoms with E-state index in [1.165, 1.54) is 15.8 Å². The molecule has 10 nitrogen and oxygen atoms in total. The number of hydrogen-bond acceptors (Lipinski definition) is 7. The van der Waals surface area contributed by atoms with Crippen LogP contribution in [0.1, 0.15) is 63.0 Å². The third-order valence-electron chi connectivity index (χ3n) is 4.50. The van der Waals surface area contributed by atoms with E-state index in [1.54, 1.807) is 20.8 Å². The molecule has 1 amide bonds. The maximum absolute atomic E-state index is 12.6. The molecule has 1 aliphatic heterocycles. The second kappa shape index (κ2) is 10.2. The Morgan fingerprint density at radius 1 is 1.43 bits per heavy atom. The van der Waals surface area contributed by atoms with Gasteiger partial charge in [-0.05, 0) is 40.0 Å². The minimum absolute atomic E-state index is 0.00446. The molecule has 0 bridgehead atoms. The van der Waals surface area contributed by atoms with Gasteiger partial charge in [0, 0.05) is 26.2 Å². The van der Waals surface area contributed by atoms with E-state index in [4.69, 9.17) is 15.9 Å². The fourth-order valence-corrected chi connectivity index (χ4v) is 3.07. The lowest BCUT2D eigenvalue weighted by atomic mass is 10.1. The number of Topliss-reactive ketones (excluding diaryl/α,β-unsaturated/α-hetero) is 1. The van der Waals surface area contributed by atoms with Crippen molar-refractivity contribution in [1.29, 1.82) is 0 Å². The summed E-state index contributed by atoms with van der Waals surface area (Å²) in [6.07, 6.45) is 7.71. The van der Waals surface area contributed by atoms with Crippen LogP contribution in [0.2, 0.25) is 0 Å². The van der Waals surface area contributed by atoms with Crippen molar-refractivity contribution in [3.63, 3.8) is 0 Å². The molecule has 1 fully saturated rings. The number of aromatic nitrogens is 2. The number of hydrogen-bond donors (Lipinski definition) is 0. The smallest absolute Gasteiger partial charge is 0.411 e. The molecule has 30 heavy (non-hydrogen) atoms. The van der Waals surface area contributed by atoms with Gasteiger partial charge >= 0.3 is 11.8 Å². The van der Waals surface area contributed by atoms with Gasteiger partial charge < -0.3 is 9.47 Å². The fraction of sp³-hybridized carbons (Fsp3) is 0.650. The van der Waals surface area contributed by atoms with Crippen molar-refractivity contribution < 1.29 is 24.0 Å². The molecule has 1 aromatic rings. The normalized spacial score (nSPS) is 14.7. The van der Waals surface area contributed by atoms with E-state index in [2.05, 4.69) is 11.0 Å². The van der Waals surface area contributed by atoms with Crippen molar-refractivity contribution in [2.45, 2.75) is 58.1 Å². The number of rotatable bonds is 8. The van der Waals surface area contributed by atoms with Crippen molar-refractivity contribution in [2.75, 3.05) is 26.3 Å². The Bertz CT molecular complexity index is 814. The van der Waals surface area contributed by atoms with E-state index in [-0.39, 0.29) is 43.4 Å². The standard InChI is InChI=1S/C20H28N4O6/c1-5-10-22(19(26)30-20(2,3)4)11-6-7-17(25)18-16(24(27)28)14-23(21-18)15-8-12-29-13-9-15/h1,14-15H,6-13H2,2-4H3. The predicted octanol–water partition coefficient (Wildman–Crippen LogP) is 2.98. The van der Waals surface area contributed by atoms with E-state index in [1.807, 2.05) is 0 Å². The molecular weight excluding hydrogens is 392 g/mol. The summed E-state index contributed by atoms with van der Waals surface area (Å²) in [5.41, 5.74) is -1.14. The van der Waals surface area contributed by atoms with Crippen LogP contribution < -0.4 is 0 Å². The van der Waals surface area contributed by atoms with Gasteiger partial charge in [-0.2, -0.15) is 5.10 Å². The van der Waals surface area contributed by atoms with E-state index >= 15 is 0 Å². The van der Waals surface area contributed by atoms with E-state index < -0.39 is 22.4 Å². The number of terminal acetylenes is 1. The van der Waals surface area contributed by atoms with Crippen LogP contribution in [0.3, 0.4) is 0 Å². The maximum Gasteiger partial charge on any atom is 0.411 e. The number of amides is 1. The van der Waals surface area contributed by atoms with Gasteiger partial charge in [-0.15, -0.1) is 6.42 Å². The van der Waals surface area contributed by atoms with Gasteiger partial charge in [-0.25, -0.2) is 4.79 Å². The van der Waals surface area contributed by atoms with Gasteiger partial charge in [-0.3, -0.25) is 24.5 Å². The summed E-state index contributed by atoms with van der Waals surface area (Å²) in [6, 6.07) is -0.0303. The molecule has 10 heteroatoms. The van der Waals surface area contributed by atoms with Crippen LogP contribution in [0.15, 0.2) is 6.20 Å².